The number of nitrogens with zero attached hydrogens (tertiary/aromatic N) is 2. The van der Waals surface area contributed by atoms with Gasteiger partial charge >= 0.3 is 0 Å². The molecule has 0 aliphatic heterocycles. The number of para-hydroxylation sites is 1. The Hall–Kier alpha value is -2.63. The van der Waals surface area contributed by atoms with E-state index in [1.807, 2.05) is 24.3 Å². The second kappa shape index (κ2) is 6.70. The fourth-order valence-corrected chi connectivity index (χ4v) is 3.92. The third-order valence-corrected chi connectivity index (χ3v) is 5.11. The van der Waals surface area contributed by atoms with Crippen LogP contribution in [0.1, 0.15) is 38.5 Å². The minimum absolute atomic E-state index is 0.0363. The first-order valence-corrected chi connectivity index (χ1v) is 8.98. The van der Waals surface area contributed by atoms with Crippen LogP contribution in [0.4, 0.5) is 0 Å². The third-order valence-electron chi connectivity index (χ3n) is 5.11. The molecule has 2 heterocycles. The van der Waals surface area contributed by atoms with Crippen LogP contribution in [0.5, 0.6) is 0 Å². The summed E-state index contributed by atoms with van der Waals surface area (Å²) in [6.07, 6.45) is 8.59. The molecular weight excluding hydrogens is 316 g/mol. The van der Waals surface area contributed by atoms with Gasteiger partial charge in [-0.2, -0.15) is 5.10 Å². The number of aromatic nitrogens is 3. The van der Waals surface area contributed by atoms with Crippen molar-refractivity contribution in [1.82, 2.24) is 20.1 Å². The Labute approximate surface area is 145 Å². The van der Waals surface area contributed by atoms with Gasteiger partial charge in [0.25, 0.3) is 5.56 Å². The molecule has 1 amide bonds. The van der Waals surface area contributed by atoms with E-state index in [4.69, 9.17) is 0 Å². The molecule has 1 aliphatic carbocycles. The van der Waals surface area contributed by atoms with E-state index in [1.54, 1.807) is 10.8 Å². The van der Waals surface area contributed by atoms with Gasteiger partial charge in [0.1, 0.15) is 12.1 Å². The standard InChI is InChI=1S/C19H22N4O2/c24-17(21-13-7-3-1-2-4-8-13)12-23-16-10-6-5-9-14(16)15-11-20-22-19(25)18(15)23/h5-6,9-11,13H,1-4,7-8,12H2,(H,21,24)(H,22,25). The second-order valence-electron chi connectivity index (χ2n) is 6.82. The molecule has 0 atom stereocenters. The number of carbonyl (C=O) groups excluding carboxylic acids is 1. The van der Waals surface area contributed by atoms with E-state index in [2.05, 4.69) is 15.5 Å². The largest absolute Gasteiger partial charge is 0.352 e. The van der Waals surface area contributed by atoms with E-state index in [0.29, 0.717) is 5.52 Å². The lowest BCUT2D eigenvalue weighted by molar-refractivity contribution is -0.122. The summed E-state index contributed by atoms with van der Waals surface area (Å²) in [6.45, 7) is 0.146. The predicted octanol–water partition coefficient (Wildman–Crippen LogP) is 2.72. The van der Waals surface area contributed by atoms with Gasteiger partial charge in [-0.05, 0) is 18.9 Å². The normalized spacial score (nSPS) is 16.2. The van der Waals surface area contributed by atoms with Crippen molar-refractivity contribution < 1.29 is 4.79 Å². The van der Waals surface area contributed by atoms with Crippen LogP contribution in [0, 0.1) is 0 Å². The highest BCUT2D eigenvalue weighted by Crippen LogP contribution is 2.26. The Balaban J connectivity index is 1.68. The first-order chi connectivity index (χ1) is 12.2. The van der Waals surface area contributed by atoms with Crippen LogP contribution >= 0.6 is 0 Å². The monoisotopic (exact) mass is 338 g/mol. The molecule has 1 aromatic carbocycles. The van der Waals surface area contributed by atoms with Gasteiger partial charge in [-0.3, -0.25) is 9.59 Å². The number of hydrogen-bond acceptors (Lipinski definition) is 3. The highest BCUT2D eigenvalue weighted by atomic mass is 16.2. The van der Waals surface area contributed by atoms with E-state index in [-0.39, 0.29) is 24.1 Å². The SMILES string of the molecule is O=C(Cn1c2ccccc2c2cn[nH]c(=O)c21)NC1CCCCCC1. The quantitative estimate of drug-likeness (QED) is 0.721. The molecule has 2 N–H and O–H groups in total. The molecule has 0 unspecified atom stereocenters. The van der Waals surface area contributed by atoms with Crippen molar-refractivity contribution in [2.75, 3.05) is 0 Å². The molecule has 2 aromatic heterocycles. The van der Waals surface area contributed by atoms with Crippen molar-refractivity contribution in [1.29, 1.82) is 0 Å². The van der Waals surface area contributed by atoms with Crippen molar-refractivity contribution >= 4 is 27.7 Å². The zero-order valence-electron chi connectivity index (χ0n) is 14.1. The predicted molar refractivity (Wildman–Crippen MR) is 97.5 cm³/mol. The highest BCUT2D eigenvalue weighted by Gasteiger charge is 2.18. The fraction of sp³-hybridized carbons (Fsp3) is 0.421. The second-order valence-corrected chi connectivity index (χ2v) is 6.82. The lowest BCUT2D eigenvalue weighted by Crippen LogP contribution is -2.36. The molecule has 0 radical (unpaired) electrons. The van der Waals surface area contributed by atoms with Gasteiger partial charge in [0.05, 0.1) is 6.20 Å². The zero-order valence-corrected chi connectivity index (χ0v) is 14.1. The molecule has 4 rings (SSSR count). The molecule has 130 valence electrons. The van der Waals surface area contributed by atoms with E-state index >= 15 is 0 Å². The molecule has 1 fully saturated rings. The molecule has 1 saturated carbocycles. The van der Waals surface area contributed by atoms with Crippen molar-refractivity contribution in [3.05, 3.63) is 40.8 Å². The number of H-pyrrole nitrogens is 1. The van der Waals surface area contributed by atoms with Gasteiger partial charge in [0.15, 0.2) is 0 Å². The number of nitrogens with one attached hydrogen (secondary N) is 2. The molecule has 3 aromatic rings. The maximum Gasteiger partial charge on any atom is 0.288 e. The van der Waals surface area contributed by atoms with E-state index in [0.717, 1.165) is 29.1 Å². The Kier molecular flexibility index (Phi) is 4.26. The van der Waals surface area contributed by atoms with Crippen molar-refractivity contribution in [3.8, 4) is 0 Å². The number of amides is 1. The summed E-state index contributed by atoms with van der Waals surface area (Å²) in [6, 6.07) is 8.00. The topological polar surface area (TPSA) is 79.8 Å². The summed E-state index contributed by atoms with van der Waals surface area (Å²) < 4.78 is 1.80. The Morgan fingerprint density at radius 3 is 2.72 bits per heavy atom. The number of benzene rings is 1. The van der Waals surface area contributed by atoms with E-state index in [1.165, 1.54) is 25.7 Å². The maximum atomic E-state index is 12.6. The lowest BCUT2D eigenvalue weighted by Gasteiger charge is -2.17. The van der Waals surface area contributed by atoms with Gasteiger partial charge in [0, 0.05) is 22.3 Å². The Bertz CT molecular complexity index is 964. The maximum absolute atomic E-state index is 12.6. The van der Waals surface area contributed by atoms with Crippen LogP contribution in [0.3, 0.4) is 0 Å². The van der Waals surface area contributed by atoms with Crippen molar-refractivity contribution in [3.63, 3.8) is 0 Å². The number of rotatable bonds is 3. The van der Waals surface area contributed by atoms with Crippen LogP contribution in [0.15, 0.2) is 35.3 Å². The van der Waals surface area contributed by atoms with Crippen LogP contribution in [-0.4, -0.2) is 26.7 Å². The number of aromatic amines is 1. The fourth-order valence-electron chi connectivity index (χ4n) is 3.92. The smallest absolute Gasteiger partial charge is 0.288 e. The average molecular weight is 338 g/mol. The summed E-state index contributed by atoms with van der Waals surface area (Å²) in [7, 11) is 0. The average Bonchev–Trinajstić information content (AvgIpc) is 2.76. The molecule has 0 saturated heterocycles. The minimum Gasteiger partial charge on any atom is -0.352 e. The Morgan fingerprint density at radius 1 is 1.16 bits per heavy atom. The zero-order chi connectivity index (χ0) is 17.2. The number of carbonyl (C=O) groups is 1. The Morgan fingerprint density at radius 2 is 1.92 bits per heavy atom. The lowest BCUT2D eigenvalue weighted by atomic mass is 10.1. The molecule has 6 nitrogen and oxygen atoms in total. The van der Waals surface area contributed by atoms with Crippen molar-refractivity contribution in [2.45, 2.75) is 51.1 Å². The molecule has 6 heteroatoms. The summed E-state index contributed by atoms with van der Waals surface area (Å²) in [5.74, 6) is -0.0363. The molecule has 25 heavy (non-hydrogen) atoms. The summed E-state index contributed by atoms with van der Waals surface area (Å²) in [5, 5.41) is 11.3. The number of hydrogen-bond donors (Lipinski definition) is 2. The van der Waals surface area contributed by atoms with Gasteiger partial charge in [0.2, 0.25) is 5.91 Å². The first-order valence-electron chi connectivity index (χ1n) is 8.98. The van der Waals surface area contributed by atoms with Gasteiger partial charge in [-0.15, -0.1) is 0 Å². The third kappa shape index (κ3) is 3.04. The van der Waals surface area contributed by atoms with Crippen LogP contribution in [-0.2, 0) is 11.3 Å². The molecule has 1 aliphatic rings. The van der Waals surface area contributed by atoms with Crippen molar-refractivity contribution in [2.24, 2.45) is 0 Å². The number of fused-ring (bicyclic) bond motifs is 3. The van der Waals surface area contributed by atoms with E-state index in [9.17, 15) is 9.59 Å². The molecular formula is C19H22N4O2. The van der Waals surface area contributed by atoms with Crippen LogP contribution in [0.25, 0.3) is 21.8 Å². The molecule has 0 spiro atoms. The van der Waals surface area contributed by atoms with Gasteiger partial charge < -0.3 is 9.88 Å². The summed E-state index contributed by atoms with van der Waals surface area (Å²) in [4.78, 5) is 24.9. The first kappa shape index (κ1) is 15.9. The summed E-state index contributed by atoms with van der Waals surface area (Å²) in [5.41, 5.74) is 1.12. The summed E-state index contributed by atoms with van der Waals surface area (Å²) >= 11 is 0. The van der Waals surface area contributed by atoms with Gasteiger partial charge in [-0.25, -0.2) is 5.10 Å². The highest BCUT2D eigenvalue weighted by molar-refractivity contribution is 6.07. The van der Waals surface area contributed by atoms with Crippen LogP contribution in [0.2, 0.25) is 0 Å². The van der Waals surface area contributed by atoms with Gasteiger partial charge in [-0.1, -0.05) is 43.9 Å². The molecule has 0 bridgehead atoms. The minimum atomic E-state index is -0.268. The van der Waals surface area contributed by atoms with Crippen LogP contribution < -0.4 is 10.9 Å². The van der Waals surface area contributed by atoms with E-state index < -0.39 is 0 Å².